The molecule has 0 saturated heterocycles. The largest absolute Gasteiger partial charge is 0.281 e. The lowest BCUT2D eigenvalue weighted by Crippen LogP contribution is -1.43. The van der Waals surface area contributed by atoms with Crippen LogP contribution < -0.4 is 0 Å². The summed E-state index contributed by atoms with van der Waals surface area (Å²) in [6.45, 7) is 1.96. The van der Waals surface area contributed by atoms with Crippen LogP contribution in [-0.2, 0) is 16.4 Å². The summed E-state index contributed by atoms with van der Waals surface area (Å²) in [7, 11) is -0.239. The van der Waals surface area contributed by atoms with Crippen LogP contribution in [0.1, 0.15) is 6.92 Å². The van der Waals surface area contributed by atoms with Crippen LogP contribution >= 0.6 is 13.7 Å². The lowest BCUT2D eigenvalue weighted by Gasteiger charge is -1.65. The predicted octanol–water partition coefficient (Wildman–Crippen LogP) is 1.89. The Morgan fingerprint density at radius 3 is 2.50 bits per heavy atom. The van der Waals surface area contributed by atoms with E-state index in [1.54, 1.807) is 0 Å². The highest BCUT2D eigenvalue weighted by atomic mass is 32.5. The van der Waals surface area contributed by atoms with Gasteiger partial charge in [-0.3, -0.25) is 4.57 Å². The average Bonchev–Trinajstić information content (AvgIpc) is 1.65. The summed E-state index contributed by atoms with van der Waals surface area (Å²) in [5.74, 6) is -0.521. The highest BCUT2D eigenvalue weighted by Crippen LogP contribution is 2.13. The molecule has 36 valence electrons. The van der Waals surface area contributed by atoms with Crippen molar-refractivity contribution in [2.75, 3.05) is 6.16 Å². The van der Waals surface area contributed by atoms with E-state index in [9.17, 15) is 4.57 Å². The van der Waals surface area contributed by atoms with Crippen LogP contribution in [0.15, 0.2) is 0 Å². The molecule has 0 aliphatic heterocycles. The van der Waals surface area contributed by atoms with Gasteiger partial charge in [-0.15, -0.1) is 0 Å². The van der Waals surface area contributed by atoms with E-state index in [1.807, 2.05) is 6.92 Å². The van der Waals surface area contributed by atoms with E-state index < -0.39 is 5.98 Å². The topological polar surface area (TPSA) is 17.1 Å². The van der Waals surface area contributed by atoms with Crippen LogP contribution in [0.25, 0.3) is 0 Å². The van der Waals surface area contributed by atoms with Gasteiger partial charge in [-0.05, 0) is 12.1 Å². The Balaban J connectivity index is 3.89. The van der Waals surface area contributed by atoms with Crippen molar-refractivity contribution in [1.82, 2.24) is 0 Å². The summed E-state index contributed by atoms with van der Waals surface area (Å²) in [6, 6.07) is 0. The van der Waals surface area contributed by atoms with Crippen molar-refractivity contribution in [2.24, 2.45) is 0 Å². The first-order valence-electron chi connectivity index (χ1n) is 1.63. The first-order valence-corrected chi connectivity index (χ1v) is 5.92. The second-order valence-electron chi connectivity index (χ2n) is 0.786. The van der Waals surface area contributed by atoms with Crippen LogP contribution in [0.3, 0.4) is 0 Å². The molecular weight excluding hydrogens is 134 g/mol. The standard InChI is InChI=1S/C2H6OP2S/c1-2-5(6)4-3/h4H,2H2,1H3. The molecular formula is C2H6OP2S. The summed E-state index contributed by atoms with van der Waals surface area (Å²) in [5, 5.41) is 0. The minimum absolute atomic E-state index is 0.239. The van der Waals surface area contributed by atoms with Crippen LogP contribution in [0.5, 0.6) is 0 Å². The molecule has 0 aromatic rings. The van der Waals surface area contributed by atoms with Gasteiger partial charge >= 0.3 is 0 Å². The molecule has 0 aromatic heterocycles. The first-order chi connectivity index (χ1) is 2.81. The van der Waals surface area contributed by atoms with Crippen molar-refractivity contribution in [2.45, 2.75) is 6.92 Å². The second kappa shape index (κ2) is 3.80. The van der Waals surface area contributed by atoms with Gasteiger partial charge in [-0.2, -0.15) is 0 Å². The fraction of sp³-hybridized carbons (Fsp3) is 1.00. The van der Waals surface area contributed by atoms with E-state index in [0.717, 1.165) is 6.16 Å². The fourth-order valence-corrected chi connectivity index (χ4v) is 0.581. The van der Waals surface area contributed by atoms with Crippen molar-refractivity contribution in [3.63, 3.8) is 0 Å². The van der Waals surface area contributed by atoms with E-state index in [2.05, 4.69) is 0 Å². The third-order valence-electron chi connectivity index (χ3n) is 0.389. The van der Waals surface area contributed by atoms with Crippen molar-refractivity contribution in [3.05, 3.63) is 0 Å². The van der Waals surface area contributed by atoms with E-state index in [4.69, 9.17) is 11.8 Å². The van der Waals surface area contributed by atoms with Crippen LogP contribution in [0, 0.1) is 0 Å². The quantitative estimate of drug-likeness (QED) is 0.517. The van der Waals surface area contributed by atoms with Gasteiger partial charge in [0.25, 0.3) is 0 Å². The van der Waals surface area contributed by atoms with Gasteiger partial charge in [0.1, 0.15) is 7.75 Å². The van der Waals surface area contributed by atoms with Crippen LogP contribution in [0.2, 0.25) is 0 Å². The third kappa shape index (κ3) is 2.84. The van der Waals surface area contributed by atoms with Crippen LogP contribution in [0.4, 0.5) is 0 Å². The number of hydrogen-bond acceptors (Lipinski definition) is 2. The Morgan fingerprint density at radius 1 is 2.00 bits per heavy atom. The second-order valence-corrected chi connectivity index (χ2v) is 6.82. The smallest absolute Gasteiger partial charge is 0.112 e. The molecule has 0 saturated carbocycles. The molecule has 2 unspecified atom stereocenters. The first kappa shape index (κ1) is 6.62. The normalized spacial score (nSPS) is 11.8. The molecule has 0 radical (unpaired) electrons. The molecule has 0 spiro atoms. The molecule has 0 N–H and O–H groups in total. The lowest BCUT2D eigenvalue weighted by molar-refractivity contribution is 0.606. The molecule has 0 aliphatic rings. The molecule has 2 atom stereocenters. The molecule has 4 heteroatoms. The summed E-state index contributed by atoms with van der Waals surface area (Å²) in [6.07, 6.45) is 0.909. The van der Waals surface area contributed by atoms with Gasteiger partial charge in [-0.1, -0.05) is 18.7 Å². The van der Waals surface area contributed by atoms with Crippen LogP contribution in [-0.4, -0.2) is 6.16 Å². The molecule has 0 amide bonds. The Hall–Kier alpha value is 0.620. The average molecular weight is 140 g/mol. The zero-order valence-corrected chi connectivity index (χ0v) is 6.18. The number of rotatable bonds is 1. The summed E-state index contributed by atoms with van der Waals surface area (Å²) in [4.78, 5) is 0. The highest BCUT2D eigenvalue weighted by Gasteiger charge is 1.64. The lowest BCUT2D eigenvalue weighted by atomic mass is 11.0. The zero-order valence-electron chi connectivity index (χ0n) is 3.47. The Labute approximate surface area is 43.9 Å². The zero-order chi connectivity index (χ0) is 4.99. The maximum absolute atomic E-state index is 9.81. The predicted molar refractivity (Wildman–Crippen MR) is 33.8 cm³/mol. The molecule has 0 fully saturated rings. The van der Waals surface area contributed by atoms with Crippen molar-refractivity contribution in [1.29, 1.82) is 0 Å². The Kier molecular flexibility index (Phi) is 4.19. The molecule has 1 nitrogen and oxygen atoms in total. The Bertz CT molecular complexity index is 120. The van der Waals surface area contributed by atoms with Gasteiger partial charge < -0.3 is 0 Å². The van der Waals surface area contributed by atoms with Gasteiger partial charge in [-0.25, -0.2) is 0 Å². The monoisotopic (exact) mass is 140 g/mol. The molecule has 0 heterocycles. The van der Waals surface area contributed by atoms with Crippen molar-refractivity contribution < 1.29 is 4.57 Å². The highest BCUT2D eigenvalue weighted by molar-refractivity contribution is 8.16. The van der Waals surface area contributed by atoms with Gasteiger partial charge in [0, 0.05) is 0 Å². The molecule has 0 rings (SSSR count). The molecule has 6 heavy (non-hydrogen) atoms. The van der Waals surface area contributed by atoms with Gasteiger partial charge in [0.15, 0.2) is 0 Å². The van der Waals surface area contributed by atoms with E-state index >= 15 is 0 Å². The summed E-state index contributed by atoms with van der Waals surface area (Å²) in [5.41, 5.74) is 0. The minimum atomic E-state index is -0.521. The molecule has 0 bridgehead atoms. The SMILES string of the molecule is CCP(=S)=[PH]=O. The fourth-order valence-electron chi connectivity index (χ4n) is 0.0645. The van der Waals surface area contributed by atoms with Gasteiger partial charge in [0.05, 0.1) is 0 Å². The molecule has 0 aliphatic carbocycles. The van der Waals surface area contributed by atoms with E-state index in [1.165, 1.54) is 0 Å². The van der Waals surface area contributed by atoms with E-state index in [-0.39, 0.29) is 7.75 Å². The maximum Gasteiger partial charge on any atom is 0.112 e. The summed E-state index contributed by atoms with van der Waals surface area (Å²) < 4.78 is 9.81. The van der Waals surface area contributed by atoms with E-state index in [0.29, 0.717) is 0 Å². The third-order valence-corrected chi connectivity index (χ3v) is 4.17. The minimum Gasteiger partial charge on any atom is -0.281 e. The summed E-state index contributed by atoms with van der Waals surface area (Å²) >= 11 is 4.70. The Morgan fingerprint density at radius 2 is 2.50 bits per heavy atom. The van der Waals surface area contributed by atoms with Gasteiger partial charge in [0.2, 0.25) is 0 Å². The number of hydrogen-bond donors (Lipinski definition) is 0. The van der Waals surface area contributed by atoms with Crippen molar-refractivity contribution >= 4 is 25.5 Å². The maximum atomic E-state index is 9.81. The van der Waals surface area contributed by atoms with Crippen molar-refractivity contribution in [3.8, 4) is 0 Å². The molecule has 0 aromatic carbocycles.